The Balaban J connectivity index is 2.73. The van der Waals surface area contributed by atoms with Crippen LogP contribution in [0.3, 0.4) is 0 Å². The first kappa shape index (κ1) is 17.6. The minimum atomic E-state index is -3.81. The van der Waals surface area contributed by atoms with Gasteiger partial charge in [0, 0.05) is 13.7 Å². The van der Waals surface area contributed by atoms with Crippen molar-refractivity contribution in [1.29, 1.82) is 0 Å². The van der Waals surface area contributed by atoms with Crippen LogP contribution in [0.1, 0.15) is 18.6 Å². The number of ether oxygens (including phenoxy) is 1. The first-order valence-electron chi connectivity index (χ1n) is 6.19. The lowest BCUT2D eigenvalue weighted by atomic mass is 10.1. The molecule has 118 valence electrons. The van der Waals surface area contributed by atoms with Crippen LogP contribution >= 0.6 is 0 Å². The number of aliphatic hydroxyl groups is 1. The number of hydrogen-bond donors (Lipinski definition) is 3. The molecule has 0 aromatic heterocycles. The van der Waals surface area contributed by atoms with Crippen molar-refractivity contribution in [3.8, 4) is 0 Å². The second kappa shape index (κ2) is 6.99. The molecule has 0 bridgehead atoms. The fourth-order valence-corrected chi connectivity index (χ4v) is 2.90. The van der Waals surface area contributed by atoms with Crippen molar-refractivity contribution < 1.29 is 28.2 Å². The Morgan fingerprint density at radius 2 is 1.95 bits per heavy atom. The van der Waals surface area contributed by atoms with Crippen LogP contribution in [0.15, 0.2) is 30.3 Å². The number of carboxylic acids is 1. The van der Waals surface area contributed by atoms with Gasteiger partial charge in [0.25, 0.3) is 0 Å². The Hall–Kier alpha value is -1.48. The van der Waals surface area contributed by atoms with Crippen LogP contribution in [0.2, 0.25) is 0 Å². The minimum absolute atomic E-state index is 0.372. The molecule has 0 amide bonds. The van der Waals surface area contributed by atoms with Gasteiger partial charge in [-0.05, 0) is 12.5 Å². The van der Waals surface area contributed by atoms with Crippen molar-refractivity contribution in [3.63, 3.8) is 0 Å². The molecule has 21 heavy (non-hydrogen) atoms. The van der Waals surface area contributed by atoms with Gasteiger partial charge in [0.2, 0.25) is 10.0 Å². The molecule has 1 aromatic rings. The van der Waals surface area contributed by atoms with Gasteiger partial charge in [0.05, 0.1) is 11.9 Å². The molecule has 2 unspecified atom stereocenters. The van der Waals surface area contributed by atoms with Gasteiger partial charge in [-0.1, -0.05) is 30.3 Å². The summed E-state index contributed by atoms with van der Waals surface area (Å²) in [5.41, 5.74) is -1.47. The van der Waals surface area contributed by atoms with Crippen LogP contribution in [0, 0.1) is 0 Å². The number of aliphatic carboxylic acids is 1. The average molecular weight is 317 g/mol. The molecule has 0 spiro atoms. The second-order valence-corrected chi connectivity index (χ2v) is 6.67. The van der Waals surface area contributed by atoms with E-state index in [-0.39, 0.29) is 5.75 Å². The quantitative estimate of drug-likeness (QED) is 0.628. The molecule has 0 aliphatic heterocycles. The number of rotatable bonds is 8. The van der Waals surface area contributed by atoms with E-state index in [1.54, 1.807) is 30.3 Å². The Bertz CT molecular complexity index is 570. The normalized spacial score (nSPS) is 16.1. The van der Waals surface area contributed by atoms with Crippen LogP contribution in [-0.2, 0) is 19.6 Å². The Labute approximate surface area is 123 Å². The molecule has 8 heteroatoms. The van der Waals surface area contributed by atoms with E-state index < -0.39 is 34.2 Å². The molecule has 0 radical (unpaired) electrons. The van der Waals surface area contributed by atoms with Gasteiger partial charge < -0.3 is 14.9 Å². The summed E-state index contributed by atoms with van der Waals surface area (Å²) >= 11 is 0. The van der Waals surface area contributed by atoms with E-state index in [1.165, 1.54) is 7.11 Å². The molecule has 0 aliphatic carbocycles. The van der Waals surface area contributed by atoms with Crippen LogP contribution < -0.4 is 4.72 Å². The van der Waals surface area contributed by atoms with Gasteiger partial charge in [-0.15, -0.1) is 0 Å². The van der Waals surface area contributed by atoms with Crippen molar-refractivity contribution in [2.45, 2.75) is 18.6 Å². The number of nitrogens with one attached hydrogen (secondary N) is 1. The fourth-order valence-electron chi connectivity index (χ4n) is 1.55. The highest BCUT2D eigenvalue weighted by molar-refractivity contribution is 7.89. The van der Waals surface area contributed by atoms with Gasteiger partial charge >= 0.3 is 5.97 Å². The van der Waals surface area contributed by atoms with Crippen LogP contribution in [0.4, 0.5) is 0 Å². The SMILES string of the molecule is COC(CS(=O)(=O)NCC(C)(O)C(=O)O)c1ccccc1. The maximum Gasteiger partial charge on any atom is 0.336 e. The molecule has 1 rings (SSSR count). The summed E-state index contributed by atoms with van der Waals surface area (Å²) in [5.74, 6) is -1.88. The number of benzene rings is 1. The summed E-state index contributed by atoms with van der Waals surface area (Å²) in [6, 6.07) is 8.79. The minimum Gasteiger partial charge on any atom is -0.479 e. The van der Waals surface area contributed by atoms with E-state index >= 15 is 0 Å². The number of hydrogen-bond acceptors (Lipinski definition) is 5. The summed E-state index contributed by atoms with van der Waals surface area (Å²) in [6.45, 7) is 0.402. The van der Waals surface area contributed by atoms with Crippen molar-refractivity contribution in [3.05, 3.63) is 35.9 Å². The van der Waals surface area contributed by atoms with Crippen molar-refractivity contribution in [1.82, 2.24) is 4.72 Å². The number of carboxylic acid groups (broad SMARTS) is 1. The number of carbonyl (C=O) groups is 1. The lowest BCUT2D eigenvalue weighted by Crippen LogP contribution is -2.47. The van der Waals surface area contributed by atoms with Crippen LogP contribution in [-0.4, -0.2) is 49.6 Å². The van der Waals surface area contributed by atoms with Gasteiger partial charge in [0.1, 0.15) is 0 Å². The molecule has 2 atom stereocenters. The zero-order valence-electron chi connectivity index (χ0n) is 11.8. The summed E-state index contributed by atoms with van der Waals surface area (Å²) in [7, 11) is -2.42. The zero-order valence-corrected chi connectivity index (χ0v) is 12.6. The lowest BCUT2D eigenvalue weighted by molar-refractivity contribution is -0.155. The lowest BCUT2D eigenvalue weighted by Gasteiger charge is -2.20. The van der Waals surface area contributed by atoms with E-state index in [0.717, 1.165) is 6.92 Å². The average Bonchev–Trinajstić information content (AvgIpc) is 2.44. The molecular weight excluding hydrogens is 298 g/mol. The van der Waals surface area contributed by atoms with Crippen LogP contribution in [0.25, 0.3) is 0 Å². The monoisotopic (exact) mass is 317 g/mol. The Morgan fingerprint density at radius 1 is 1.38 bits per heavy atom. The van der Waals surface area contributed by atoms with Gasteiger partial charge in [-0.2, -0.15) is 0 Å². The first-order valence-corrected chi connectivity index (χ1v) is 7.84. The van der Waals surface area contributed by atoms with Gasteiger partial charge in [-0.25, -0.2) is 17.9 Å². The smallest absolute Gasteiger partial charge is 0.336 e. The Kier molecular flexibility index (Phi) is 5.85. The molecule has 0 aliphatic rings. The van der Waals surface area contributed by atoms with Crippen molar-refractivity contribution >= 4 is 16.0 Å². The highest BCUT2D eigenvalue weighted by Gasteiger charge is 2.32. The molecule has 7 nitrogen and oxygen atoms in total. The highest BCUT2D eigenvalue weighted by atomic mass is 32.2. The zero-order chi connectivity index (χ0) is 16.1. The molecule has 0 saturated carbocycles. The van der Waals surface area contributed by atoms with E-state index in [0.29, 0.717) is 5.56 Å². The summed E-state index contributed by atoms with van der Waals surface area (Å²) in [5, 5.41) is 18.2. The Morgan fingerprint density at radius 3 is 2.43 bits per heavy atom. The predicted molar refractivity (Wildman–Crippen MR) is 76.2 cm³/mol. The molecule has 3 N–H and O–H groups in total. The van der Waals surface area contributed by atoms with Gasteiger partial charge in [-0.3, -0.25) is 0 Å². The molecule has 0 saturated heterocycles. The third-order valence-corrected chi connectivity index (χ3v) is 4.25. The summed E-state index contributed by atoms with van der Waals surface area (Å²) in [4.78, 5) is 10.7. The van der Waals surface area contributed by atoms with Crippen LogP contribution in [0.5, 0.6) is 0 Å². The number of sulfonamides is 1. The van der Waals surface area contributed by atoms with Crippen molar-refractivity contribution in [2.24, 2.45) is 0 Å². The largest absolute Gasteiger partial charge is 0.479 e. The van der Waals surface area contributed by atoms with E-state index in [1.807, 2.05) is 0 Å². The molecular formula is C13H19NO6S. The topological polar surface area (TPSA) is 113 Å². The highest BCUT2D eigenvalue weighted by Crippen LogP contribution is 2.18. The van der Waals surface area contributed by atoms with Gasteiger partial charge in [0.15, 0.2) is 5.60 Å². The third-order valence-electron chi connectivity index (χ3n) is 2.92. The summed E-state index contributed by atoms with van der Waals surface area (Å²) < 4.78 is 31.1. The molecule has 1 aromatic carbocycles. The maximum absolute atomic E-state index is 11.9. The summed E-state index contributed by atoms with van der Waals surface area (Å²) in [6.07, 6.45) is -0.682. The van der Waals surface area contributed by atoms with E-state index in [9.17, 15) is 18.3 Å². The van der Waals surface area contributed by atoms with Crippen molar-refractivity contribution in [2.75, 3.05) is 19.4 Å². The fraction of sp³-hybridized carbons (Fsp3) is 0.462. The first-order chi connectivity index (χ1) is 9.68. The van der Waals surface area contributed by atoms with E-state index in [4.69, 9.17) is 9.84 Å². The second-order valence-electron chi connectivity index (χ2n) is 4.82. The molecule has 0 heterocycles. The predicted octanol–water partition coefficient (Wildman–Crippen LogP) is 0.129. The standard InChI is InChI=1S/C13H19NO6S/c1-13(17,12(15)16)9-14-21(18,19)8-11(20-2)10-6-4-3-5-7-10/h3-7,11,14,17H,8-9H2,1-2H3,(H,15,16). The third kappa shape index (κ3) is 5.43. The molecule has 0 fully saturated rings. The van der Waals surface area contributed by atoms with E-state index in [2.05, 4.69) is 4.72 Å². The maximum atomic E-state index is 11.9. The number of methoxy groups -OCH3 is 1.